The van der Waals surface area contributed by atoms with E-state index in [9.17, 15) is 10.2 Å². The molecule has 2 N–H and O–H groups in total. The maximum absolute atomic E-state index is 9.94. The van der Waals surface area contributed by atoms with E-state index < -0.39 is 5.41 Å². The first kappa shape index (κ1) is 17.6. The molecular formula is C27H22O2. The number of phenols is 2. The van der Waals surface area contributed by atoms with Crippen molar-refractivity contribution in [1.29, 1.82) is 0 Å². The van der Waals surface area contributed by atoms with Crippen LogP contribution in [0.3, 0.4) is 0 Å². The fraction of sp³-hybridized carbons (Fsp3) is 0.111. The van der Waals surface area contributed by atoms with Crippen LogP contribution in [-0.2, 0) is 5.41 Å². The van der Waals surface area contributed by atoms with Gasteiger partial charge < -0.3 is 10.2 Å². The lowest BCUT2D eigenvalue weighted by molar-refractivity contribution is 0.475. The van der Waals surface area contributed by atoms with Crippen LogP contribution in [0, 0.1) is 13.8 Å². The van der Waals surface area contributed by atoms with Gasteiger partial charge in [0, 0.05) is 0 Å². The number of fused-ring (bicyclic) bond motifs is 3. The summed E-state index contributed by atoms with van der Waals surface area (Å²) < 4.78 is 0. The Labute approximate surface area is 170 Å². The van der Waals surface area contributed by atoms with Gasteiger partial charge in [0.1, 0.15) is 11.5 Å². The second-order valence-electron chi connectivity index (χ2n) is 7.89. The molecule has 0 aromatic heterocycles. The molecule has 0 amide bonds. The monoisotopic (exact) mass is 378 g/mol. The van der Waals surface area contributed by atoms with Gasteiger partial charge in [-0.05, 0) is 77.1 Å². The van der Waals surface area contributed by atoms with Gasteiger partial charge in [0.05, 0.1) is 5.41 Å². The lowest BCUT2D eigenvalue weighted by atomic mass is 9.67. The van der Waals surface area contributed by atoms with Crippen LogP contribution < -0.4 is 0 Å². The Morgan fingerprint density at radius 2 is 1.21 bits per heavy atom. The van der Waals surface area contributed by atoms with E-state index in [0.717, 1.165) is 11.1 Å². The highest BCUT2D eigenvalue weighted by molar-refractivity contribution is 5.88. The first-order valence-corrected chi connectivity index (χ1v) is 9.82. The van der Waals surface area contributed by atoms with Gasteiger partial charge in [0.2, 0.25) is 0 Å². The Morgan fingerprint density at radius 1 is 0.621 bits per heavy atom. The largest absolute Gasteiger partial charge is 0.508 e. The van der Waals surface area contributed by atoms with E-state index >= 15 is 0 Å². The minimum atomic E-state index is -0.510. The topological polar surface area (TPSA) is 40.5 Å². The summed E-state index contributed by atoms with van der Waals surface area (Å²) in [6.07, 6.45) is 0. The molecular weight excluding hydrogens is 356 g/mol. The predicted molar refractivity (Wildman–Crippen MR) is 117 cm³/mol. The standard InChI is InChI=1S/C27H22O2/c1-17-6-15-23-25(16-17)27(19-7-11-21(28)12-8-19,20-9-13-22(29)14-10-20)24-5-3-4-18(2)26(23)24/h3-16,28-29H,1-2H3. The van der Waals surface area contributed by atoms with Crippen LogP contribution in [0.1, 0.15) is 33.4 Å². The van der Waals surface area contributed by atoms with E-state index in [0.29, 0.717) is 0 Å². The minimum absolute atomic E-state index is 0.251. The second kappa shape index (κ2) is 6.25. The summed E-state index contributed by atoms with van der Waals surface area (Å²) in [5, 5.41) is 19.9. The highest BCUT2D eigenvalue weighted by atomic mass is 16.3. The van der Waals surface area contributed by atoms with Crippen molar-refractivity contribution in [3.8, 4) is 22.6 Å². The number of rotatable bonds is 2. The molecule has 0 aliphatic heterocycles. The number of hydrogen-bond donors (Lipinski definition) is 2. The first-order chi connectivity index (χ1) is 14.0. The van der Waals surface area contributed by atoms with E-state index in [-0.39, 0.29) is 11.5 Å². The zero-order valence-corrected chi connectivity index (χ0v) is 16.5. The molecule has 1 aliphatic rings. The van der Waals surface area contributed by atoms with Crippen molar-refractivity contribution in [3.05, 3.63) is 118 Å². The van der Waals surface area contributed by atoms with Crippen molar-refractivity contribution in [2.24, 2.45) is 0 Å². The molecule has 142 valence electrons. The fourth-order valence-corrected chi connectivity index (χ4v) is 4.88. The highest BCUT2D eigenvalue weighted by Crippen LogP contribution is 2.57. The van der Waals surface area contributed by atoms with Crippen molar-refractivity contribution in [3.63, 3.8) is 0 Å². The van der Waals surface area contributed by atoms with Crippen LogP contribution in [0.25, 0.3) is 11.1 Å². The molecule has 0 unspecified atom stereocenters. The number of benzene rings is 4. The fourth-order valence-electron chi connectivity index (χ4n) is 4.88. The van der Waals surface area contributed by atoms with Gasteiger partial charge in [-0.25, -0.2) is 0 Å². The second-order valence-corrected chi connectivity index (χ2v) is 7.89. The molecule has 0 atom stereocenters. The highest BCUT2D eigenvalue weighted by Gasteiger charge is 2.46. The smallest absolute Gasteiger partial charge is 0.115 e. The molecule has 0 saturated carbocycles. The summed E-state index contributed by atoms with van der Waals surface area (Å²) >= 11 is 0. The van der Waals surface area contributed by atoms with Crippen molar-refractivity contribution in [2.75, 3.05) is 0 Å². The maximum Gasteiger partial charge on any atom is 0.115 e. The molecule has 2 heteroatoms. The molecule has 0 radical (unpaired) electrons. The van der Waals surface area contributed by atoms with Crippen LogP contribution in [0.2, 0.25) is 0 Å². The molecule has 0 spiro atoms. The predicted octanol–water partition coefficient (Wildman–Crippen LogP) is 6.08. The van der Waals surface area contributed by atoms with Gasteiger partial charge in [-0.1, -0.05) is 66.2 Å². The molecule has 0 saturated heterocycles. The van der Waals surface area contributed by atoms with Crippen LogP contribution >= 0.6 is 0 Å². The number of aryl methyl sites for hydroxylation is 2. The normalized spacial score (nSPS) is 13.7. The molecule has 2 nitrogen and oxygen atoms in total. The average molecular weight is 378 g/mol. The quantitative estimate of drug-likeness (QED) is 0.391. The Balaban J connectivity index is 1.98. The van der Waals surface area contributed by atoms with E-state index in [1.165, 1.54) is 33.4 Å². The Kier molecular flexibility index (Phi) is 3.78. The van der Waals surface area contributed by atoms with Crippen LogP contribution in [-0.4, -0.2) is 10.2 Å². The Bertz CT molecular complexity index is 1170. The summed E-state index contributed by atoms with van der Waals surface area (Å²) in [7, 11) is 0. The lowest BCUT2D eigenvalue weighted by Crippen LogP contribution is -2.28. The molecule has 1 aliphatic carbocycles. The summed E-state index contributed by atoms with van der Waals surface area (Å²) in [6.45, 7) is 4.28. The molecule has 5 rings (SSSR count). The minimum Gasteiger partial charge on any atom is -0.508 e. The SMILES string of the molecule is Cc1ccc2c(c1)C(c1ccc(O)cc1)(c1ccc(O)cc1)c1cccc(C)c1-2. The summed E-state index contributed by atoms with van der Waals surface area (Å²) in [4.78, 5) is 0. The molecule has 29 heavy (non-hydrogen) atoms. The van der Waals surface area contributed by atoms with Crippen LogP contribution in [0.4, 0.5) is 0 Å². The van der Waals surface area contributed by atoms with Gasteiger partial charge >= 0.3 is 0 Å². The van der Waals surface area contributed by atoms with Gasteiger partial charge in [0.15, 0.2) is 0 Å². The molecule has 0 heterocycles. The number of hydrogen-bond acceptors (Lipinski definition) is 2. The third-order valence-corrected chi connectivity index (χ3v) is 6.13. The molecule has 0 fully saturated rings. The summed E-state index contributed by atoms with van der Waals surface area (Å²) in [5.41, 5.74) is 9.10. The Hall–Kier alpha value is -3.52. The van der Waals surface area contributed by atoms with Crippen molar-refractivity contribution in [2.45, 2.75) is 19.3 Å². The van der Waals surface area contributed by atoms with Gasteiger partial charge in [0.25, 0.3) is 0 Å². The maximum atomic E-state index is 9.94. The lowest BCUT2D eigenvalue weighted by Gasteiger charge is -2.34. The van der Waals surface area contributed by atoms with Gasteiger partial charge in [-0.2, -0.15) is 0 Å². The van der Waals surface area contributed by atoms with Crippen molar-refractivity contribution < 1.29 is 10.2 Å². The van der Waals surface area contributed by atoms with E-state index in [4.69, 9.17) is 0 Å². The summed E-state index contributed by atoms with van der Waals surface area (Å²) in [6, 6.07) is 28.2. The molecule has 4 aromatic carbocycles. The number of aromatic hydroxyl groups is 2. The van der Waals surface area contributed by atoms with E-state index in [1.54, 1.807) is 24.3 Å². The first-order valence-electron chi connectivity index (χ1n) is 9.82. The van der Waals surface area contributed by atoms with E-state index in [1.807, 2.05) is 24.3 Å². The zero-order chi connectivity index (χ0) is 20.2. The third kappa shape index (κ3) is 2.42. The Morgan fingerprint density at radius 3 is 1.79 bits per heavy atom. The molecule has 4 aromatic rings. The van der Waals surface area contributed by atoms with Crippen LogP contribution in [0.5, 0.6) is 11.5 Å². The van der Waals surface area contributed by atoms with Crippen LogP contribution in [0.15, 0.2) is 84.9 Å². The average Bonchev–Trinajstić information content (AvgIpc) is 3.01. The number of phenolic OH excluding ortho intramolecular Hbond substituents is 2. The zero-order valence-electron chi connectivity index (χ0n) is 16.5. The van der Waals surface area contributed by atoms with Gasteiger partial charge in [-0.3, -0.25) is 0 Å². The van der Waals surface area contributed by atoms with Crippen molar-refractivity contribution >= 4 is 0 Å². The summed E-state index contributed by atoms with van der Waals surface area (Å²) in [5.74, 6) is 0.503. The molecule has 0 bridgehead atoms. The van der Waals surface area contributed by atoms with Gasteiger partial charge in [-0.15, -0.1) is 0 Å². The third-order valence-electron chi connectivity index (χ3n) is 6.13. The van der Waals surface area contributed by atoms with Crippen molar-refractivity contribution in [1.82, 2.24) is 0 Å². The van der Waals surface area contributed by atoms with E-state index in [2.05, 4.69) is 50.2 Å².